The van der Waals surface area contributed by atoms with Crippen LogP contribution in [-0.4, -0.2) is 83.3 Å². The van der Waals surface area contributed by atoms with Gasteiger partial charge in [-0.05, 0) is 0 Å². The van der Waals surface area contributed by atoms with Gasteiger partial charge in [-0.2, -0.15) is 0 Å². The van der Waals surface area contributed by atoms with Crippen LogP contribution in [0.4, 0.5) is 0 Å². The monoisotopic (exact) mass is 660 g/mol. The van der Waals surface area contributed by atoms with Gasteiger partial charge in [-0.15, -0.1) is 13.1 Å². The summed E-state index contributed by atoms with van der Waals surface area (Å²) in [4.78, 5) is 61.7. The molecule has 190 valence electrons. The van der Waals surface area contributed by atoms with Crippen LogP contribution in [0.2, 0.25) is 0 Å². The molecule has 0 unspecified atom stereocenters. The average molecular weight is 661 g/mol. The molecule has 3 aliphatic rings. The third-order valence-electron chi connectivity index (χ3n) is 5.88. The third-order valence-corrected chi connectivity index (χ3v) is 5.88. The van der Waals surface area contributed by atoms with Gasteiger partial charge in [0.15, 0.2) is 12.0 Å². The average Bonchev–Trinajstić information content (AvgIpc) is 3.01. The van der Waals surface area contributed by atoms with Crippen LogP contribution in [0.1, 0.15) is 25.7 Å². The quantitative estimate of drug-likeness (QED) is 0.170. The fourth-order valence-corrected chi connectivity index (χ4v) is 3.47. The van der Waals surface area contributed by atoms with E-state index < -0.39 is 41.7 Å². The molecule has 0 aromatic rings. The summed E-state index contributed by atoms with van der Waals surface area (Å²) in [5, 5.41) is 23.8. The topological polar surface area (TPSA) is 210 Å². The smallest absolute Gasteiger partial charge is 0.677 e. The van der Waals surface area contributed by atoms with Gasteiger partial charge in [0.2, 0.25) is 0 Å². The number of nitrogens with zero attached hydrogens (tertiary/aromatic N) is 2. The van der Waals surface area contributed by atoms with Gasteiger partial charge in [-0.1, -0.05) is 29.8 Å². The SMILES string of the molecule is O=C(CON=C1CC(C(=O)O)(C(=O)O)C1)NCCN1C(=O)C=CC1=O.[NH-]C[C@@H]1CC[C@H]1C[NH-].[Pt+2]. The number of rotatable bonds is 10. The van der Waals surface area contributed by atoms with Crippen molar-refractivity contribution in [3.63, 3.8) is 0 Å². The first kappa shape index (κ1) is 29.4. The van der Waals surface area contributed by atoms with E-state index in [1.54, 1.807) is 0 Å². The van der Waals surface area contributed by atoms with Gasteiger partial charge in [0.1, 0.15) is 0 Å². The number of hydrogen-bond acceptors (Lipinski definition) is 7. The Hall–Kier alpha value is -2.63. The predicted octanol–water partition coefficient (Wildman–Crippen LogP) is 0.464. The van der Waals surface area contributed by atoms with E-state index in [9.17, 15) is 24.0 Å². The number of aliphatic carboxylic acids is 2. The van der Waals surface area contributed by atoms with E-state index in [0.29, 0.717) is 24.9 Å². The van der Waals surface area contributed by atoms with Crippen molar-refractivity contribution in [3.05, 3.63) is 23.6 Å². The summed E-state index contributed by atoms with van der Waals surface area (Å²) < 4.78 is 0. The molecule has 0 aromatic carbocycles. The number of oxime groups is 1. The molecule has 0 saturated heterocycles. The summed E-state index contributed by atoms with van der Waals surface area (Å²) >= 11 is 0. The maximum atomic E-state index is 11.5. The molecule has 34 heavy (non-hydrogen) atoms. The zero-order valence-corrected chi connectivity index (χ0v) is 20.5. The van der Waals surface area contributed by atoms with Gasteiger partial charge in [0, 0.05) is 38.1 Å². The van der Waals surface area contributed by atoms with Crippen LogP contribution in [0, 0.1) is 17.3 Å². The van der Waals surface area contributed by atoms with E-state index in [-0.39, 0.29) is 52.7 Å². The number of carbonyl (C=O) groups is 5. The maximum absolute atomic E-state index is 11.5. The predicted molar refractivity (Wildman–Crippen MR) is 114 cm³/mol. The van der Waals surface area contributed by atoms with Crippen molar-refractivity contribution in [2.45, 2.75) is 25.7 Å². The van der Waals surface area contributed by atoms with Crippen molar-refractivity contribution in [1.29, 1.82) is 0 Å². The first-order chi connectivity index (χ1) is 15.6. The zero-order chi connectivity index (χ0) is 24.6. The minimum Gasteiger partial charge on any atom is -0.677 e. The molecule has 2 saturated carbocycles. The normalized spacial score (nSPS) is 21.8. The van der Waals surface area contributed by atoms with E-state index >= 15 is 0 Å². The molecular formula is C20H27N5O8Pt. The molecule has 2 atom stereocenters. The molecule has 5 N–H and O–H groups in total. The molecule has 2 aliphatic carbocycles. The minimum atomic E-state index is -1.88. The number of carboxylic acid groups (broad SMARTS) is 2. The molecule has 3 rings (SSSR count). The molecule has 3 amide bonds. The van der Waals surface area contributed by atoms with E-state index in [1.165, 1.54) is 12.8 Å². The maximum Gasteiger partial charge on any atom is 2.00 e. The Morgan fingerprint density at radius 3 is 1.97 bits per heavy atom. The molecule has 13 nitrogen and oxygen atoms in total. The summed E-state index contributed by atoms with van der Waals surface area (Å²) in [7, 11) is 0. The minimum absolute atomic E-state index is 0. The van der Waals surface area contributed by atoms with Gasteiger partial charge >= 0.3 is 33.0 Å². The number of nitrogens with one attached hydrogen (secondary N) is 3. The standard InChI is InChI=1S/C14H15N3O8.C6H12N2.Pt/c18-9(15-3-4-17-10(19)1-2-11(17)20)7-25-16-8-5-14(6-8,12(21)22)13(23)24;7-3-5-1-2-6(5)4-8;/h1-2H,3-7H2,(H,15,18)(H,21,22)(H,23,24);5-8H,1-4H2;/q;-2;+2/t;5-,6-;/m.0./s1. The molecule has 14 heteroatoms. The molecule has 1 aliphatic heterocycles. The summed E-state index contributed by atoms with van der Waals surface area (Å²) in [6, 6.07) is 0. The summed E-state index contributed by atoms with van der Waals surface area (Å²) in [5.74, 6) is -3.20. The van der Waals surface area contributed by atoms with Crippen molar-refractivity contribution in [2.24, 2.45) is 22.4 Å². The van der Waals surface area contributed by atoms with Crippen LogP contribution >= 0.6 is 0 Å². The second-order valence-corrected chi connectivity index (χ2v) is 7.99. The molecule has 0 bridgehead atoms. The Kier molecular flexibility index (Phi) is 11.5. The summed E-state index contributed by atoms with van der Waals surface area (Å²) in [6.07, 6.45) is 4.10. The Morgan fingerprint density at radius 2 is 1.56 bits per heavy atom. The van der Waals surface area contributed by atoms with Gasteiger partial charge in [0.05, 0.1) is 5.71 Å². The molecule has 1 heterocycles. The van der Waals surface area contributed by atoms with Crippen LogP contribution in [-0.2, 0) is 49.9 Å². The van der Waals surface area contributed by atoms with Crippen molar-refractivity contribution in [1.82, 2.24) is 10.2 Å². The second kappa shape index (κ2) is 13.3. The Morgan fingerprint density at radius 1 is 1.06 bits per heavy atom. The van der Waals surface area contributed by atoms with E-state index in [4.69, 9.17) is 26.5 Å². The van der Waals surface area contributed by atoms with E-state index in [1.807, 2.05) is 0 Å². The molecule has 0 radical (unpaired) electrons. The van der Waals surface area contributed by atoms with Crippen molar-refractivity contribution >= 4 is 35.4 Å². The van der Waals surface area contributed by atoms with Crippen LogP contribution in [0.5, 0.6) is 0 Å². The number of hydrogen-bond donors (Lipinski definition) is 3. The van der Waals surface area contributed by atoms with Crippen LogP contribution < -0.4 is 5.32 Å². The number of carbonyl (C=O) groups excluding carboxylic acids is 3. The fraction of sp³-hybridized carbons (Fsp3) is 0.600. The van der Waals surface area contributed by atoms with Crippen LogP contribution in [0.25, 0.3) is 11.5 Å². The summed E-state index contributed by atoms with van der Waals surface area (Å²) in [6.45, 7) is 0.688. The van der Waals surface area contributed by atoms with Crippen molar-refractivity contribution in [3.8, 4) is 0 Å². The Bertz CT molecular complexity index is 806. The number of imide groups is 1. The van der Waals surface area contributed by atoms with E-state index in [2.05, 4.69) is 10.5 Å². The van der Waals surface area contributed by atoms with Gasteiger partial charge in [-0.3, -0.25) is 28.9 Å². The molecule has 0 spiro atoms. The molecule has 2 fully saturated rings. The van der Waals surface area contributed by atoms with Crippen LogP contribution in [0.3, 0.4) is 0 Å². The largest absolute Gasteiger partial charge is 2.00 e. The first-order valence-corrected chi connectivity index (χ1v) is 10.4. The summed E-state index contributed by atoms with van der Waals surface area (Å²) in [5.41, 5.74) is 12.4. The van der Waals surface area contributed by atoms with Crippen molar-refractivity contribution in [2.75, 3.05) is 32.8 Å². The van der Waals surface area contributed by atoms with Gasteiger partial charge < -0.3 is 31.8 Å². The van der Waals surface area contributed by atoms with Crippen LogP contribution in [0.15, 0.2) is 17.3 Å². The van der Waals surface area contributed by atoms with E-state index in [0.717, 1.165) is 17.1 Å². The zero-order valence-electron chi connectivity index (χ0n) is 18.2. The number of carboxylic acids is 2. The fourth-order valence-electron chi connectivity index (χ4n) is 3.47. The Balaban J connectivity index is 0.000000543. The Labute approximate surface area is 210 Å². The molecular weight excluding hydrogens is 633 g/mol. The second-order valence-electron chi connectivity index (χ2n) is 7.99. The molecule has 0 aromatic heterocycles. The van der Waals surface area contributed by atoms with Gasteiger partial charge in [-0.25, -0.2) is 0 Å². The first-order valence-electron chi connectivity index (χ1n) is 10.4. The number of amides is 3. The third kappa shape index (κ3) is 7.18. The van der Waals surface area contributed by atoms with Gasteiger partial charge in [0.25, 0.3) is 17.7 Å². The van der Waals surface area contributed by atoms with Crippen molar-refractivity contribution < 1.29 is 60.1 Å².